The molecule has 4 heterocycles. The maximum absolute atomic E-state index is 4.54. The number of nitrogens with zero attached hydrogens (tertiary/aromatic N) is 5. The zero-order valence-electron chi connectivity index (χ0n) is 13.8. The van der Waals surface area contributed by atoms with Crippen LogP contribution in [0.2, 0.25) is 0 Å². The minimum Gasteiger partial charge on any atom is -0.323 e. The number of pyridine rings is 1. The molecule has 0 aromatic carbocycles. The number of hydrogen-bond acceptors (Lipinski definition) is 5. The molecule has 4 aromatic heterocycles. The van der Waals surface area contributed by atoms with Gasteiger partial charge in [0.2, 0.25) is 0 Å². The fourth-order valence-electron chi connectivity index (χ4n) is 2.94. The third-order valence-corrected chi connectivity index (χ3v) is 5.00. The summed E-state index contributed by atoms with van der Waals surface area (Å²) in [5, 5.41) is 2.03. The summed E-state index contributed by atoms with van der Waals surface area (Å²) < 4.78 is 2.18. The molecule has 1 atom stereocenters. The second kappa shape index (κ2) is 6.94. The Morgan fingerprint density at radius 3 is 2.52 bits per heavy atom. The summed E-state index contributed by atoms with van der Waals surface area (Å²) in [5.41, 5.74) is 2.13. The minimum absolute atomic E-state index is 0.206. The summed E-state index contributed by atoms with van der Waals surface area (Å²) in [5.74, 6) is 1.62. The lowest BCUT2D eigenvalue weighted by Gasteiger charge is -2.19. The average molecular weight is 347 g/mol. The highest BCUT2D eigenvalue weighted by Crippen LogP contribution is 2.28. The molecule has 0 aliphatic carbocycles. The molecule has 0 aliphatic heterocycles. The number of thiophene rings is 1. The maximum atomic E-state index is 4.54. The van der Waals surface area contributed by atoms with E-state index < -0.39 is 0 Å². The van der Waals surface area contributed by atoms with Crippen molar-refractivity contribution in [2.75, 3.05) is 0 Å². The molecule has 0 saturated carbocycles. The topological polar surface area (TPSA) is 56.5 Å². The number of rotatable bonds is 5. The molecule has 0 amide bonds. The van der Waals surface area contributed by atoms with Gasteiger partial charge in [-0.15, -0.1) is 11.3 Å². The first-order valence-corrected chi connectivity index (χ1v) is 9.04. The van der Waals surface area contributed by atoms with E-state index in [2.05, 4.69) is 31.4 Å². The molecule has 4 aromatic rings. The fourth-order valence-corrected chi connectivity index (χ4v) is 3.61. The molecule has 25 heavy (non-hydrogen) atoms. The quantitative estimate of drug-likeness (QED) is 0.535. The standard InChI is InChI=1S/C19H17N5S/c1-2-16(14-5-7-20-8-6-14)24-10-9-21-19(24)15-12-22-18(23-13-15)17-4-3-11-25-17/h3-13,16H,2H2,1H3/t16-/m1/s1. The van der Waals surface area contributed by atoms with Crippen molar-refractivity contribution in [3.8, 4) is 22.1 Å². The van der Waals surface area contributed by atoms with E-state index in [4.69, 9.17) is 0 Å². The van der Waals surface area contributed by atoms with Gasteiger partial charge in [-0.25, -0.2) is 15.0 Å². The molecular formula is C19H17N5S. The normalized spacial score (nSPS) is 12.2. The Balaban J connectivity index is 1.69. The number of imidazole rings is 1. The van der Waals surface area contributed by atoms with Crippen molar-refractivity contribution in [3.63, 3.8) is 0 Å². The summed E-state index contributed by atoms with van der Waals surface area (Å²) in [6, 6.07) is 8.34. The molecule has 0 fully saturated rings. The summed E-state index contributed by atoms with van der Waals surface area (Å²) in [4.78, 5) is 18.7. The Hall–Kier alpha value is -2.86. The lowest BCUT2D eigenvalue weighted by molar-refractivity contribution is 0.571. The summed E-state index contributed by atoms with van der Waals surface area (Å²) in [6.07, 6.45) is 12.1. The maximum Gasteiger partial charge on any atom is 0.169 e. The predicted molar refractivity (Wildman–Crippen MR) is 99.2 cm³/mol. The van der Waals surface area contributed by atoms with Crippen LogP contribution in [0.5, 0.6) is 0 Å². The van der Waals surface area contributed by atoms with Crippen molar-refractivity contribution in [1.29, 1.82) is 0 Å². The van der Waals surface area contributed by atoms with E-state index in [1.165, 1.54) is 5.56 Å². The van der Waals surface area contributed by atoms with Crippen molar-refractivity contribution >= 4 is 11.3 Å². The van der Waals surface area contributed by atoms with E-state index in [-0.39, 0.29) is 6.04 Å². The van der Waals surface area contributed by atoms with E-state index in [0.29, 0.717) is 0 Å². The van der Waals surface area contributed by atoms with Gasteiger partial charge in [0, 0.05) is 37.2 Å². The number of hydrogen-bond donors (Lipinski definition) is 0. The van der Waals surface area contributed by atoms with Gasteiger partial charge >= 0.3 is 0 Å². The highest BCUT2D eigenvalue weighted by Gasteiger charge is 2.17. The molecule has 0 radical (unpaired) electrons. The van der Waals surface area contributed by atoms with Gasteiger partial charge < -0.3 is 4.57 Å². The Morgan fingerprint density at radius 1 is 1.04 bits per heavy atom. The Bertz CT molecular complexity index is 930. The van der Waals surface area contributed by atoms with Crippen LogP contribution in [0.25, 0.3) is 22.1 Å². The van der Waals surface area contributed by atoms with Gasteiger partial charge in [0.15, 0.2) is 5.82 Å². The van der Waals surface area contributed by atoms with Crippen LogP contribution in [-0.2, 0) is 0 Å². The molecule has 4 rings (SSSR count). The molecular weight excluding hydrogens is 330 g/mol. The molecule has 0 saturated heterocycles. The zero-order valence-corrected chi connectivity index (χ0v) is 14.6. The lowest BCUT2D eigenvalue weighted by atomic mass is 10.1. The Kier molecular flexibility index (Phi) is 4.35. The highest BCUT2D eigenvalue weighted by molar-refractivity contribution is 7.13. The first kappa shape index (κ1) is 15.7. The van der Waals surface area contributed by atoms with Crippen LogP contribution in [0.15, 0.2) is 66.8 Å². The van der Waals surface area contributed by atoms with Gasteiger partial charge in [-0.2, -0.15) is 0 Å². The van der Waals surface area contributed by atoms with E-state index in [9.17, 15) is 0 Å². The van der Waals surface area contributed by atoms with E-state index in [1.54, 1.807) is 11.3 Å². The first-order valence-electron chi connectivity index (χ1n) is 8.16. The fraction of sp³-hybridized carbons (Fsp3) is 0.158. The van der Waals surface area contributed by atoms with Crippen LogP contribution in [0.4, 0.5) is 0 Å². The van der Waals surface area contributed by atoms with Crippen LogP contribution < -0.4 is 0 Å². The molecule has 0 bridgehead atoms. The van der Waals surface area contributed by atoms with Crippen LogP contribution >= 0.6 is 11.3 Å². The first-order chi connectivity index (χ1) is 12.4. The largest absolute Gasteiger partial charge is 0.323 e. The van der Waals surface area contributed by atoms with Gasteiger partial charge in [-0.05, 0) is 35.6 Å². The SMILES string of the molecule is CC[C@H](c1ccncc1)n1ccnc1-c1cnc(-c2cccs2)nc1. The minimum atomic E-state index is 0.206. The third-order valence-electron chi connectivity index (χ3n) is 4.13. The molecule has 0 aliphatic rings. The van der Waals surface area contributed by atoms with Crippen molar-refractivity contribution in [3.05, 3.63) is 72.4 Å². The van der Waals surface area contributed by atoms with E-state index in [0.717, 1.165) is 28.5 Å². The van der Waals surface area contributed by atoms with E-state index in [1.807, 2.05) is 66.8 Å². The second-order valence-electron chi connectivity index (χ2n) is 5.64. The molecule has 0 unspecified atom stereocenters. The molecule has 0 spiro atoms. The molecule has 0 N–H and O–H groups in total. The van der Waals surface area contributed by atoms with Crippen LogP contribution in [0.1, 0.15) is 24.9 Å². The molecule has 5 nitrogen and oxygen atoms in total. The van der Waals surface area contributed by atoms with Gasteiger partial charge in [0.25, 0.3) is 0 Å². The van der Waals surface area contributed by atoms with Gasteiger partial charge in [0.05, 0.1) is 16.5 Å². The van der Waals surface area contributed by atoms with Crippen LogP contribution in [-0.4, -0.2) is 24.5 Å². The van der Waals surface area contributed by atoms with Crippen molar-refractivity contribution < 1.29 is 0 Å². The molecule has 6 heteroatoms. The van der Waals surface area contributed by atoms with Gasteiger partial charge in [-0.1, -0.05) is 13.0 Å². The van der Waals surface area contributed by atoms with Gasteiger partial charge in [0.1, 0.15) is 5.82 Å². The Morgan fingerprint density at radius 2 is 1.84 bits per heavy atom. The predicted octanol–water partition coefficient (Wildman–Crippen LogP) is 4.46. The van der Waals surface area contributed by atoms with Crippen LogP contribution in [0, 0.1) is 0 Å². The van der Waals surface area contributed by atoms with Crippen molar-refractivity contribution in [1.82, 2.24) is 24.5 Å². The average Bonchev–Trinajstić information content (AvgIpc) is 3.36. The number of aromatic nitrogens is 5. The summed E-state index contributed by atoms with van der Waals surface area (Å²) >= 11 is 1.64. The third kappa shape index (κ3) is 3.08. The Labute approximate surface area is 150 Å². The zero-order chi connectivity index (χ0) is 17.1. The summed E-state index contributed by atoms with van der Waals surface area (Å²) in [7, 11) is 0. The second-order valence-corrected chi connectivity index (χ2v) is 6.58. The van der Waals surface area contributed by atoms with Crippen molar-refractivity contribution in [2.45, 2.75) is 19.4 Å². The van der Waals surface area contributed by atoms with Crippen molar-refractivity contribution in [2.24, 2.45) is 0 Å². The monoisotopic (exact) mass is 347 g/mol. The van der Waals surface area contributed by atoms with Gasteiger partial charge in [-0.3, -0.25) is 4.98 Å². The van der Waals surface area contributed by atoms with E-state index >= 15 is 0 Å². The summed E-state index contributed by atoms with van der Waals surface area (Å²) in [6.45, 7) is 2.17. The van der Waals surface area contributed by atoms with Crippen LogP contribution in [0.3, 0.4) is 0 Å². The molecule has 124 valence electrons. The highest BCUT2D eigenvalue weighted by atomic mass is 32.1. The smallest absolute Gasteiger partial charge is 0.169 e. The lowest BCUT2D eigenvalue weighted by Crippen LogP contribution is -2.10.